The van der Waals surface area contributed by atoms with E-state index in [4.69, 9.17) is 27.3 Å². The number of benzene rings is 2. The molecule has 3 aliphatic heterocycles. The quantitative estimate of drug-likeness (QED) is 0.261. The molecule has 1 saturated heterocycles. The van der Waals surface area contributed by atoms with Crippen molar-refractivity contribution in [3.8, 4) is 17.0 Å². The van der Waals surface area contributed by atoms with Crippen molar-refractivity contribution >= 4 is 29.5 Å². The minimum Gasteiger partial charge on any atom is -0.492 e. The summed E-state index contributed by atoms with van der Waals surface area (Å²) in [6, 6.07) is 14.8. The van der Waals surface area contributed by atoms with Crippen molar-refractivity contribution in [2.75, 3.05) is 20.7 Å². The largest absolute Gasteiger partial charge is 0.492 e. The second-order valence-corrected chi connectivity index (χ2v) is 12.4. The van der Waals surface area contributed by atoms with Crippen molar-refractivity contribution in [2.24, 2.45) is 5.92 Å². The van der Waals surface area contributed by atoms with Gasteiger partial charge in [-0.05, 0) is 62.1 Å². The maximum atomic E-state index is 13.8. The number of Topliss-reactive ketones (excluding diaryl/α,β-unsaturated/α-hetero) is 1. The number of ketones is 1. The maximum Gasteiger partial charge on any atom is 0.283 e. The summed E-state index contributed by atoms with van der Waals surface area (Å²) in [5, 5.41) is 3.39. The van der Waals surface area contributed by atoms with Crippen molar-refractivity contribution in [3.63, 3.8) is 0 Å². The van der Waals surface area contributed by atoms with Gasteiger partial charge in [-0.1, -0.05) is 56.3 Å². The summed E-state index contributed by atoms with van der Waals surface area (Å²) in [5.41, 5.74) is 6.25. The van der Waals surface area contributed by atoms with Crippen LogP contribution in [0.1, 0.15) is 56.1 Å². The number of hydrogen-bond acceptors (Lipinski definition) is 8. The molecule has 40 heavy (non-hydrogen) atoms. The third-order valence-electron chi connectivity index (χ3n) is 9.61. The van der Waals surface area contributed by atoms with E-state index in [0.29, 0.717) is 25.6 Å². The number of hydrazine groups is 1. The van der Waals surface area contributed by atoms with E-state index in [9.17, 15) is 4.79 Å². The Morgan fingerprint density at radius 3 is 2.58 bits per heavy atom. The number of likely N-dealkylation sites (N-methyl/N-ethyl adjacent to an activating group) is 1. The average Bonchev–Trinajstić information content (AvgIpc) is 3.77. The Bertz CT molecular complexity index is 1430. The number of rotatable bonds is 3. The molecule has 2 unspecified atom stereocenters. The Morgan fingerprint density at radius 1 is 1.02 bits per heavy atom. The SMILES string of the molecule is CC1N(C)C(C(=O)C2OO2)[C@@H]2COc3ccccc3-c3c(C4CCCCC4)c4ccc(cc4n3C2)CN(S)N1C. The fraction of sp³-hybridized carbons (Fsp3) is 0.516. The lowest BCUT2D eigenvalue weighted by molar-refractivity contribution is -0.133. The first-order valence-electron chi connectivity index (χ1n) is 14.6. The molecule has 1 saturated carbocycles. The molecule has 8 nitrogen and oxygen atoms in total. The lowest BCUT2D eigenvalue weighted by Gasteiger charge is -2.43. The van der Waals surface area contributed by atoms with Gasteiger partial charge in [-0.15, -0.1) is 0 Å². The fourth-order valence-electron chi connectivity index (χ4n) is 7.26. The summed E-state index contributed by atoms with van der Waals surface area (Å²) in [4.78, 5) is 26.1. The van der Waals surface area contributed by atoms with Crippen LogP contribution in [0.15, 0.2) is 42.5 Å². The molecule has 0 spiro atoms. The van der Waals surface area contributed by atoms with E-state index in [0.717, 1.165) is 11.3 Å². The minimum atomic E-state index is -0.826. The van der Waals surface area contributed by atoms with E-state index in [1.165, 1.54) is 59.8 Å². The molecule has 4 bridgehead atoms. The van der Waals surface area contributed by atoms with Gasteiger partial charge in [-0.3, -0.25) is 9.69 Å². The second-order valence-electron chi connectivity index (χ2n) is 11.9. The highest BCUT2D eigenvalue weighted by atomic mass is 32.1. The van der Waals surface area contributed by atoms with E-state index >= 15 is 0 Å². The summed E-state index contributed by atoms with van der Waals surface area (Å²) < 4.78 is 11.0. The first kappa shape index (κ1) is 26.5. The average molecular weight is 563 g/mol. The summed E-state index contributed by atoms with van der Waals surface area (Å²) in [7, 11) is 4.02. The van der Waals surface area contributed by atoms with Crippen LogP contribution in [0.2, 0.25) is 0 Å². The zero-order valence-electron chi connectivity index (χ0n) is 23.5. The van der Waals surface area contributed by atoms with E-state index in [-0.39, 0.29) is 17.9 Å². The van der Waals surface area contributed by atoms with Gasteiger partial charge in [0.2, 0.25) is 5.78 Å². The number of carbonyl (C=O) groups excluding carboxylic acids is 1. The van der Waals surface area contributed by atoms with Crippen LogP contribution in [0, 0.1) is 5.92 Å². The normalized spacial score (nSPS) is 27.1. The summed E-state index contributed by atoms with van der Waals surface area (Å²) in [6.45, 7) is 3.80. The molecule has 3 aromatic rings. The maximum absolute atomic E-state index is 13.8. The van der Waals surface area contributed by atoms with Crippen molar-refractivity contribution in [3.05, 3.63) is 53.6 Å². The Morgan fingerprint density at radius 2 is 1.80 bits per heavy atom. The van der Waals surface area contributed by atoms with E-state index in [2.05, 4.69) is 57.8 Å². The van der Waals surface area contributed by atoms with Crippen molar-refractivity contribution < 1.29 is 19.3 Å². The summed E-state index contributed by atoms with van der Waals surface area (Å²) in [6.07, 6.45) is 5.29. The highest BCUT2D eigenvalue weighted by Gasteiger charge is 2.47. The summed E-state index contributed by atoms with van der Waals surface area (Å²) >= 11 is 4.87. The van der Waals surface area contributed by atoms with Crippen LogP contribution >= 0.6 is 12.8 Å². The molecule has 0 N–H and O–H groups in total. The third-order valence-corrected chi connectivity index (χ3v) is 10.0. The molecule has 9 heteroatoms. The van der Waals surface area contributed by atoms with Gasteiger partial charge < -0.3 is 9.30 Å². The van der Waals surface area contributed by atoms with Crippen LogP contribution in [0.4, 0.5) is 0 Å². The predicted molar refractivity (Wildman–Crippen MR) is 156 cm³/mol. The smallest absolute Gasteiger partial charge is 0.283 e. The van der Waals surface area contributed by atoms with Crippen LogP contribution in [0.3, 0.4) is 0 Å². The van der Waals surface area contributed by atoms with Gasteiger partial charge in [-0.25, -0.2) is 5.01 Å². The zero-order valence-corrected chi connectivity index (χ0v) is 24.3. The minimum absolute atomic E-state index is 0.0702. The molecule has 2 fully saturated rings. The molecule has 0 amide bonds. The number of hydrogen-bond donors (Lipinski definition) is 1. The van der Waals surface area contributed by atoms with Crippen LogP contribution in [0.5, 0.6) is 5.75 Å². The number of aromatic nitrogens is 1. The van der Waals surface area contributed by atoms with Gasteiger partial charge in [0.05, 0.1) is 24.5 Å². The van der Waals surface area contributed by atoms with Crippen molar-refractivity contribution in [2.45, 2.75) is 76.5 Å². The third kappa shape index (κ3) is 4.47. The lowest BCUT2D eigenvalue weighted by atomic mass is 9.81. The molecule has 3 atom stereocenters. The number of carbonyl (C=O) groups is 1. The molecular formula is C31H38N4O4S. The Labute approximate surface area is 241 Å². The fourth-order valence-corrected chi connectivity index (χ4v) is 7.57. The standard InChI is InChI=1S/C31H38N4O4S/c1-19-32(2)28(30(36)31-38-39-31)22-17-34-25-15-20(16-35(40)33(19)3)13-14-23(25)27(21-9-5-4-6-10-21)29(34)24-11-7-8-12-26(24)37-18-22/h7-8,11-15,19,21-22,28,31,40H,4-6,9-10,16-18H2,1-3H3/t19?,22-,28?/m0/s1. The highest BCUT2D eigenvalue weighted by Crippen LogP contribution is 2.48. The van der Waals surface area contributed by atoms with Crippen molar-refractivity contribution in [1.29, 1.82) is 0 Å². The zero-order chi connectivity index (χ0) is 27.5. The van der Waals surface area contributed by atoms with Crippen LogP contribution < -0.4 is 4.74 Å². The van der Waals surface area contributed by atoms with Crippen LogP contribution in [-0.4, -0.2) is 63.9 Å². The number of fused-ring (bicyclic) bond motifs is 4. The molecule has 4 aliphatic rings. The molecule has 212 valence electrons. The predicted octanol–water partition coefficient (Wildman–Crippen LogP) is 5.38. The van der Waals surface area contributed by atoms with Crippen LogP contribution in [0.25, 0.3) is 22.2 Å². The Kier molecular flexibility index (Phi) is 6.93. The number of para-hydroxylation sites is 1. The molecule has 1 aromatic heterocycles. The van der Waals surface area contributed by atoms with Crippen molar-refractivity contribution in [1.82, 2.24) is 18.9 Å². The van der Waals surface area contributed by atoms with Gasteiger partial charge in [-0.2, -0.15) is 14.2 Å². The molecule has 0 radical (unpaired) electrons. The second kappa shape index (κ2) is 10.5. The van der Waals surface area contributed by atoms with E-state index in [1.807, 2.05) is 24.6 Å². The topological polar surface area (TPSA) is 66.0 Å². The number of nitrogens with zero attached hydrogens (tertiary/aromatic N) is 4. The van der Waals surface area contributed by atoms with Gasteiger partial charge in [0.25, 0.3) is 6.29 Å². The molecule has 1 aliphatic carbocycles. The molecule has 4 heterocycles. The van der Waals surface area contributed by atoms with E-state index < -0.39 is 12.3 Å². The lowest BCUT2D eigenvalue weighted by Crippen LogP contribution is -2.57. The molecule has 7 rings (SSSR count). The first-order valence-corrected chi connectivity index (χ1v) is 15.0. The van der Waals surface area contributed by atoms with Crippen LogP contribution in [-0.2, 0) is 27.7 Å². The Hall–Kier alpha value is -2.40. The van der Waals surface area contributed by atoms with Gasteiger partial charge in [0.15, 0.2) is 0 Å². The molecule has 2 aromatic carbocycles. The first-order chi connectivity index (χ1) is 19.4. The highest BCUT2D eigenvalue weighted by molar-refractivity contribution is 7.77. The monoisotopic (exact) mass is 562 g/mol. The Balaban J connectivity index is 1.49. The molecular weight excluding hydrogens is 524 g/mol. The van der Waals surface area contributed by atoms with Gasteiger partial charge in [0, 0.05) is 42.5 Å². The van der Waals surface area contributed by atoms with E-state index in [1.54, 1.807) is 0 Å². The number of thiol groups is 1. The van der Waals surface area contributed by atoms with Gasteiger partial charge >= 0.3 is 0 Å². The number of ether oxygens (including phenoxy) is 1. The van der Waals surface area contributed by atoms with Gasteiger partial charge in [0.1, 0.15) is 5.75 Å². The summed E-state index contributed by atoms with van der Waals surface area (Å²) in [5.74, 6) is 1.17.